The molecule has 7 N–H and O–H groups in total. The number of Topliss-reactive ketones (excluding diaryl/α,β-unsaturated/α-hetero) is 3. The molecule has 5 aliphatic rings. The van der Waals surface area contributed by atoms with Crippen LogP contribution < -0.4 is 0 Å². The van der Waals surface area contributed by atoms with Gasteiger partial charge in [-0.25, -0.2) is 0 Å². The van der Waals surface area contributed by atoms with E-state index in [9.17, 15) is 50.1 Å². The summed E-state index contributed by atoms with van der Waals surface area (Å²) in [7, 11) is 0. The fourth-order valence-corrected chi connectivity index (χ4v) is 10.7. The van der Waals surface area contributed by atoms with Crippen LogP contribution >= 0.6 is 0 Å². The zero-order chi connectivity index (χ0) is 36.2. The summed E-state index contributed by atoms with van der Waals surface area (Å²) >= 11 is 0. The van der Waals surface area contributed by atoms with Crippen LogP contribution in [0.1, 0.15) is 93.9 Å². The number of aliphatic hydroxyl groups excluding tert-OH is 5. The van der Waals surface area contributed by atoms with Gasteiger partial charge in [0.1, 0.15) is 41.9 Å². The minimum atomic E-state index is -1.95. The standard InChI is InChI=1S/C36H56O12/c1-31(2,45)12-11-23(39)36(8,46)28-19(38)14-33(5)22-10-9-17-18(35(22,7)24(40)15-34(28,33)6)13-20(29(44)32(17,3)4)47-30-27(43)26(42)25(41)21(16-37)48-30/h9,18-22,25-28,30,37-38,41-43,45-46H,10-16H2,1-8H3/t18-,19-,20+,21-,22+,25-,26+,27-,28?,30-,33+,34-,35+,36?/m1/s1. The van der Waals surface area contributed by atoms with Crippen LogP contribution in [0.15, 0.2) is 11.6 Å². The van der Waals surface area contributed by atoms with Crippen molar-refractivity contribution < 1.29 is 59.6 Å². The lowest BCUT2D eigenvalue weighted by molar-refractivity contribution is -0.311. The van der Waals surface area contributed by atoms with Crippen molar-refractivity contribution in [2.24, 2.45) is 39.4 Å². The van der Waals surface area contributed by atoms with Crippen LogP contribution in [0.2, 0.25) is 0 Å². The monoisotopic (exact) mass is 680 g/mol. The largest absolute Gasteiger partial charge is 0.394 e. The molecule has 0 radical (unpaired) electrons. The van der Waals surface area contributed by atoms with E-state index in [0.717, 1.165) is 5.57 Å². The van der Waals surface area contributed by atoms with Gasteiger partial charge in [0.25, 0.3) is 0 Å². The molecule has 1 saturated heterocycles. The quantitative estimate of drug-likeness (QED) is 0.179. The lowest BCUT2D eigenvalue weighted by Crippen LogP contribution is -2.66. The number of carbonyl (C=O) groups is 3. The highest BCUT2D eigenvalue weighted by Crippen LogP contribution is 2.74. The Labute approximate surface area is 282 Å². The van der Waals surface area contributed by atoms with Crippen LogP contribution in [0.5, 0.6) is 0 Å². The molecular formula is C36H56O12. The molecule has 5 rings (SSSR count). The zero-order valence-corrected chi connectivity index (χ0v) is 29.5. The molecule has 2 unspecified atom stereocenters. The van der Waals surface area contributed by atoms with E-state index in [1.54, 1.807) is 27.7 Å². The van der Waals surface area contributed by atoms with Crippen LogP contribution in [0.4, 0.5) is 0 Å². The Bertz CT molecular complexity index is 1350. The predicted octanol–water partition coefficient (Wildman–Crippen LogP) is 0.977. The smallest absolute Gasteiger partial charge is 0.187 e. The van der Waals surface area contributed by atoms with E-state index in [4.69, 9.17) is 9.47 Å². The fourth-order valence-electron chi connectivity index (χ4n) is 10.7. The number of hydrogen-bond donors (Lipinski definition) is 7. The van der Waals surface area contributed by atoms with E-state index in [1.165, 1.54) is 6.92 Å². The number of ether oxygens (including phenoxy) is 2. The van der Waals surface area contributed by atoms with Crippen molar-refractivity contribution in [2.75, 3.05) is 6.61 Å². The average Bonchev–Trinajstić information content (AvgIpc) is 3.19. The van der Waals surface area contributed by atoms with Crippen LogP contribution in [-0.2, 0) is 23.9 Å². The molecular weight excluding hydrogens is 624 g/mol. The van der Waals surface area contributed by atoms with Crippen molar-refractivity contribution in [3.63, 3.8) is 0 Å². The Morgan fingerprint density at radius 2 is 1.60 bits per heavy atom. The predicted molar refractivity (Wildman–Crippen MR) is 171 cm³/mol. The Kier molecular flexibility index (Phi) is 9.40. The molecule has 4 aliphatic carbocycles. The molecule has 12 nitrogen and oxygen atoms in total. The molecule has 0 amide bonds. The van der Waals surface area contributed by atoms with E-state index < -0.39 is 100 Å². The van der Waals surface area contributed by atoms with Gasteiger partial charge in [0, 0.05) is 29.6 Å². The molecule has 0 aromatic rings. The van der Waals surface area contributed by atoms with Gasteiger partial charge in [-0.15, -0.1) is 0 Å². The Morgan fingerprint density at radius 3 is 2.19 bits per heavy atom. The van der Waals surface area contributed by atoms with Crippen LogP contribution in [0.25, 0.3) is 0 Å². The lowest BCUT2D eigenvalue weighted by atomic mass is 9.38. The molecule has 0 spiro atoms. The third kappa shape index (κ3) is 5.40. The molecule has 4 fully saturated rings. The minimum absolute atomic E-state index is 0.0104. The van der Waals surface area contributed by atoms with E-state index in [2.05, 4.69) is 0 Å². The number of allylic oxidation sites excluding steroid dienone is 2. The molecule has 48 heavy (non-hydrogen) atoms. The van der Waals surface area contributed by atoms with Crippen LogP contribution in [0, 0.1) is 39.4 Å². The Morgan fingerprint density at radius 1 is 0.979 bits per heavy atom. The average molecular weight is 681 g/mol. The maximum atomic E-state index is 14.7. The summed E-state index contributed by atoms with van der Waals surface area (Å²) in [5.74, 6) is -2.62. The first-order valence-corrected chi connectivity index (χ1v) is 17.3. The van der Waals surface area contributed by atoms with E-state index >= 15 is 0 Å². The van der Waals surface area contributed by atoms with Crippen molar-refractivity contribution >= 4 is 17.3 Å². The number of carbonyl (C=O) groups excluding carboxylic acids is 3. The normalized spacial score (nSPS) is 47.0. The molecule has 14 atom stereocenters. The topological polar surface area (TPSA) is 211 Å². The minimum Gasteiger partial charge on any atom is -0.394 e. The number of rotatable bonds is 8. The second-order valence-corrected chi connectivity index (χ2v) is 17.4. The van der Waals surface area contributed by atoms with Gasteiger partial charge in [-0.3, -0.25) is 14.4 Å². The molecule has 272 valence electrons. The molecule has 0 aromatic carbocycles. The highest BCUT2D eigenvalue weighted by atomic mass is 16.7. The van der Waals surface area contributed by atoms with E-state index in [-0.39, 0.29) is 49.6 Å². The van der Waals surface area contributed by atoms with Crippen molar-refractivity contribution in [1.29, 1.82) is 0 Å². The van der Waals surface area contributed by atoms with Gasteiger partial charge < -0.3 is 45.2 Å². The van der Waals surface area contributed by atoms with Gasteiger partial charge in [0.05, 0.1) is 18.3 Å². The summed E-state index contributed by atoms with van der Waals surface area (Å²) in [4.78, 5) is 42.2. The summed E-state index contributed by atoms with van der Waals surface area (Å²) in [6.07, 6.45) is -7.10. The number of fused-ring (bicyclic) bond motifs is 5. The van der Waals surface area contributed by atoms with Gasteiger partial charge in [0.15, 0.2) is 17.9 Å². The first-order valence-electron chi connectivity index (χ1n) is 17.3. The molecule has 1 heterocycles. The number of hydrogen-bond acceptors (Lipinski definition) is 12. The molecule has 1 aliphatic heterocycles. The number of ketones is 3. The highest BCUT2D eigenvalue weighted by Gasteiger charge is 2.74. The van der Waals surface area contributed by atoms with Gasteiger partial charge in [-0.1, -0.05) is 32.4 Å². The first kappa shape index (κ1) is 37.6. The summed E-state index contributed by atoms with van der Waals surface area (Å²) in [6, 6.07) is 0. The first-order chi connectivity index (χ1) is 21.9. The van der Waals surface area contributed by atoms with Crippen molar-refractivity contribution in [1.82, 2.24) is 0 Å². The van der Waals surface area contributed by atoms with Crippen molar-refractivity contribution in [3.05, 3.63) is 11.6 Å². The van der Waals surface area contributed by atoms with Crippen LogP contribution in [0.3, 0.4) is 0 Å². The third-order valence-electron chi connectivity index (χ3n) is 13.7. The molecule has 3 saturated carbocycles. The number of aliphatic hydroxyl groups is 7. The van der Waals surface area contributed by atoms with Gasteiger partial charge in [0.2, 0.25) is 0 Å². The SMILES string of the molecule is CC(C)(O)CCC(=O)C(C)(O)C1[C@H](O)C[C@@]2(C)[C@@H]3CC=C4[C@@H](C[C@H](O[C@@H]5O[C@H](CO)[C@@H](O)[C@H](O)[C@H]5O)C(=O)C4(C)C)[C@]3(C)C(=O)C[C@]12C. The second-order valence-electron chi connectivity index (χ2n) is 17.4. The fraction of sp³-hybridized carbons (Fsp3) is 0.861. The molecule has 0 aromatic heterocycles. The third-order valence-corrected chi connectivity index (χ3v) is 13.7. The zero-order valence-electron chi connectivity index (χ0n) is 29.5. The van der Waals surface area contributed by atoms with Crippen molar-refractivity contribution in [3.8, 4) is 0 Å². The van der Waals surface area contributed by atoms with Gasteiger partial charge >= 0.3 is 0 Å². The van der Waals surface area contributed by atoms with Crippen LogP contribution in [-0.4, -0.2) is 114 Å². The highest BCUT2D eigenvalue weighted by molar-refractivity contribution is 5.95. The molecule has 12 heteroatoms. The Hall–Kier alpha value is -1.61. The summed E-state index contributed by atoms with van der Waals surface area (Å²) < 4.78 is 11.6. The van der Waals surface area contributed by atoms with Gasteiger partial charge in [-0.05, 0) is 83.0 Å². The second kappa shape index (κ2) is 12.0. The summed E-state index contributed by atoms with van der Waals surface area (Å²) in [5.41, 5.74) is -6.01. The lowest BCUT2D eigenvalue weighted by Gasteiger charge is -2.64. The van der Waals surface area contributed by atoms with Gasteiger partial charge in [-0.2, -0.15) is 0 Å². The van der Waals surface area contributed by atoms with E-state index in [1.807, 2.05) is 26.8 Å². The van der Waals surface area contributed by atoms with Crippen molar-refractivity contribution in [2.45, 2.75) is 148 Å². The molecule has 0 bridgehead atoms. The maximum Gasteiger partial charge on any atom is 0.187 e. The van der Waals surface area contributed by atoms with E-state index in [0.29, 0.717) is 6.42 Å². The maximum absolute atomic E-state index is 14.7. The summed E-state index contributed by atoms with van der Waals surface area (Å²) in [5, 5.41) is 74.6. The Balaban J connectivity index is 1.49. The summed E-state index contributed by atoms with van der Waals surface area (Å²) in [6.45, 7) is 13.3.